The molecule has 0 saturated carbocycles. The highest BCUT2D eigenvalue weighted by Gasteiger charge is 2.22. The van der Waals surface area contributed by atoms with Gasteiger partial charge >= 0.3 is 5.97 Å². The number of hydrogen-bond acceptors (Lipinski definition) is 4. The van der Waals surface area contributed by atoms with E-state index in [1.807, 2.05) is 0 Å². The van der Waals surface area contributed by atoms with E-state index < -0.39 is 5.97 Å². The summed E-state index contributed by atoms with van der Waals surface area (Å²) in [6.07, 6.45) is 1.66. The summed E-state index contributed by atoms with van der Waals surface area (Å²) in [5.74, 6) is -1.37. The second kappa shape index (κ2) is 5.71. The van der Waals surface area contributed by atoms with Gasteiger partial charge in [-0.25, -0.2) is 4.79 Å². The average molecular weight is 264 g/mol. The maximum Gasteiger partial charge on any atom is 0.335 e. The van der Waals surface area contributed by atoms with E-state index in [0.29, 0.717) is 18.9 Å². The molecule has 0 radical (unpaired) electrons. The van der Waals surface area contributed by atoms with Crippen LogP contribution in [0.5, 0.6) is 0 Å². The molecule has 1 aromatic rings. The van der Waals surface area contributed by atoms with E-state index in [2.05, 4.69) is 5.32 Å². The topological polar surface area (TPSA) is 102 Å². The van der Waals surface area contributed by atoms with Gasteiger partial charge in [0.05, 0.1) is 29.5 Å². The van der Waals surface area contributed by atoms with E-state index in [0.717, 1.165) is 12.8 Å². The molecule has 6 heteroatoms. The molecule has 1 atom stereocenters. The second-order valence-electron chi connectivity index (χ2n) is 4.51. The number of nitrogens with two attached hydrogens (primary N) is 1. The van der Waals surface area contributed by atoms with E-state index in [1.54, 1.807) is 0 Å². The normalized spacial score (nSPS) is 18.8. The first-order valence-electron chi connectivity index (χ1n) is 6.09. The Morgan fingerprint density at radius 3 is 2.79 bits per heavy atom. The highest BCUT2D eigenvalue weighted by Crippen LogP contribution is 2.22. The zero-order chi connectivity index (χ0) is 13.8. The summed E-state index contributed by atoms with van der Waals surface area (Å²) in [7, 11) is 0. The van der Waals surface area contributed by atoms with E-state index in [4.69, 9.17) is 15.6 Å². The van der Waals surface area contributed by atoms with E-state index in [1.165, 1.54) is 18.2 Å². The quantitative estimate of drug-likeness (QED) is 0.715. The first kappa shape index (κ1) is 13.4. The van der Waals surface area contributed by atoms with Crippen molar-refractivity contribution in [3.05, 3.63) is 23.8 Å². The summed E-state index contributed by atoms with van der Waals surface area (Å²) in [6, 6.07) is 4.24. The zero-order valence-electron chi connectivity index (χ0n) is 10.4. The highest BCUT2D eigenvalue weighted by molar-refractivity contribution is 5.97. The maximum atomic E-state index is 12.0. The number of rotatable bonds is 3. The molecule has 6 nitrogen and oxygen atoms in total. The first-order chi connectivity index (χ1) is 9.08. The molecule has 4 N–H and O–H groups in total. The number of anilines is 2. The lowest BCUT2D eigenvalue weighted by atomic mass is 10.0. The maximum absolute atomic E-state index is 12.0. The average Bonchev–Trinajstić information content (AvgIpc) is 2.41. The van der Waals surface area contributed by atoms with E-state index >= 15 is 0 Å². The van der Waals surface area contributed by atoms with Gasteiger partial charge in [-0.2, -0.15) is 0 Å². The zero-order valence-corrected chi connectivity index (χ0v) is 10.4. The van der Waals surface area contributed by atoms with Gasteiger partial charge in [0, 0.05) is 6.61 Å². The molecule has 0 bridgehead atoms. The minimum absolute atomic E-state index is 0.0940. The van der Waals surface area contributed by atoms with Gasteiger partial charge in [0.2, 0.25) is 5.91 Å². The van der Waals surface area contributed by atoms with Gasteiger partial charge in [0.15, 0.2) is 0 Å². The van der Waals surface area contributed by atoms with Crippen molar-refractivity contribution in [3.63, 3.8) is 0 Å². The molecular weight excluding hydrogens is 248 g/mol. The molecule has 0 aromatic heterocycles. The fraction of sp³-hybridized carbons (Fsp3) is 0.385. The van der Waals surface area contributed by atoms with Crippen molar-refractivity contribution >= 4 is 23.3 Å². The lowest BCUT2D eigenvalue weighted by Gasteiger charge is -2.21. The van der Waals surface area contributed by atoms with Crippen molar-refractivity contribution in [2.24, 2.45) is 5.92 Å². The van der Waals surface area contributed by atoms with Gasteiger partial charge in [-0.3, -0.25) is 4.79 Å². The van der Waals surface area contributed by atoms with Crippen LogP contribution in [0.15, 0.2) is 18.2 Å². The molecular formula is C13H16N2O4. The van der Waals surface area contributed by atoms with E-state index in [-0.39, 0.29) is 23.1 Å². The van der Waals surface area contributed by atoms with Crippen LogP contribution in [0, 0.1) is 5.92 Å². The number of carbonyl (C=O) groups excluding carboxylic acids is 1. The Bertz CT molecular complexity index is 495. The minimum Gasteiger partial charge on any atom is -0.478 e. The van der Waals surface area contributed by atoms with Crippen LogP contribution >= 0.6 is 0 Å². The molecule has 1 amide bonds. The van der Waals surface area contributed by atoms with Gasteiger partial charge in [-0.1, -0.05) is 0 Å². The largest absolute Gasteiger partial charge is 0.478 e. The molecule has 0 spiro atoms. The number of carboxylic acid groups (broad SMARTS) is 1. The van der Waals surface area contributed by atoms with Crippen LogP contribution in [0.3, 0.4) is 0 Å². The molecule has 19 heavy (non-hydrogen) atoms. The van der Waals surface area contributed by atoms with Gasteiger partial charge in [0.25, 0.3) is 0 Å². The summed E-state index contributed by atoms with van der Waals surface area (Å²) in [5.41, 5.74) is 6.49. The third kappa shape index (κ3) is 3.23. The highest BCUT2D eigenvalue weighted by atomic mass is 16.5. The molecule has 1 fully saturated rings. The summed E-state index contributed by atoms with van der Waals surface area (Å²) < 4.78 is 5.25. The van der Waals surface area contributed by atoms with Gasteiger partial charge in [0.1, 0.15) is 0 Å². The number of carboxylic acids is 1. The number of nitrogens with one attached hydrogen (secondary N) is 1. The lowest BCUT2D eigenvalue weighted by Crippen LogP contribution is -2.30. The van der Waals surface area contributed by atoms with E-state index in [9.17, 15) is 9.59 Å². The Morgan fingerprint density at radius 1 is 1.42 bits per heavy atom. The summed E-state index contributed by atoms with van der Waals surface area (Å²) in [6.45, 7) is 1.11. The fourth-order valence-corrected chi connectivity index (χ4v) is 1.99. The number of ether oxygens (including phenoxy) is 1. The van der Waals surface area contributed by atoms with Gasteiger partial charge in [-0.15, -0.1) is 0 Å². The number of benzene rings is 1. The van der Waals surface area contributed by atoms with Crippen molar-refractivity contribution < 1.29 is 19.4 Å². The van der Waals surface area contributed by atoms with Crippen molar-refractivity contribution in [1.29, 1.82) is 0 Å². The Kier molecular flexibility index (Phi) is 4.01. The van der Waals surface area contributed by atoms with Crippen molar-refractivity contribution in [3.8, 4) is 0 Å². The van der Waals surface area contributed by atoms with Crippen molar-refractivity contribution in [2.75, 3.05) is 24.3 Å². The molecule has 1 aromatic carbocycles. The molecule has 102 valence electrons. The Morgan fingerprint density at radius 2 is 2.21 bits per heavy atom. The summed E-state index contributed by atoms with van der Waals surface area (Å²) in [4.78, 5) is 22.8. The summed E-state index contributed by atoms with van der Waals surface area (Å²) >= 11 is 0. The smallest absolute Gasteiger partial charge is 0.335 e. The second-order valence-corrected chi connectivity index (χ2v) is 4.51. The van der Waals surface area contributed by atoms with Crippen molar-refractivity contribution in [2.45, 2.75) is 12.8 Å². The lowest BCUT2D eigenvalue weighted by molar-refractivity contribution is -0.123. The molecule has 1 saturated heterocycles. The van der Waals surface area contributed by atoms with Crippen LogP contribution in [-0.2, 0) is 9.53 Å². The number of carbonyl (C=O) groups is 2. The minimum atomic E-state index is -1.05. The van der Waals surface area contributed by atoms with Crippen LogP contribution in [0.1, 0.15) is 23.2 Å². The van der Waals surface area contributed by atoms with Crippen LogP contribution in [0.25, 0.3) is 0 Å². The molecule has 1 aliphatic rings. The third-order valence-electron chi connectivity index (χ3n) is 3.09. The number of nitrogen functional groups attached to an aromatic ring is 1. The van der Waals surface area contributed by atoms with Crippen LogP contribution in [-0.4, -0.2) is 30.2 Å². The van der Waals surface area contributed by atoms with Gasteiger partial charge < -0.3 is 20.9 Å². The van der Waals surface area contributed by atoms with Crippen LogP contribution < -0.4 is 11.1 Å². The van der Waals surface area contributed by atoms with Crippen LogP contribution in [0.4, 0.5) is 11.4 Å². The SMILES string of the molecule is Nc1cc(C(=O)O)ccc1NC(=O)C1CCCOC1. The monoisotopic (exact) mass is 264 g/mol. The Labute approximate surface area is 110 Å². The Hall–Kier alpha value is -2.08. The Balaban J connectivity index is 2.06. The molecule has 0 aliphatic carbocycles. The third-order valence-corrected chi connectivity index (χ3v) is 3.09. The number of amides is 1. The number of aromatic carboxylic acids is 1. The predicted molar refractivity (Wildman–Crippen MR) is 70.0 cm³/mol. The molecule has 1 aliphatic heterocycles. The van der Waals surface area contributed by atoms with Crippen molar-refractivity contribution in [1.82, 2.24) is 0 Å². The fourth-order valence-electron chi connectivity index (χ4n) is 1.99. The van der Waals surface area contributed by atoms with Crippen LogP contribution in [0.2, 0.25) is 0 Å². The summed E-state index contributed by atoms with van der Waals surface area (Å²) in [5, 5.41) is 11.5. The molecule has 1 unspecified atom stereocenters. The standard InChI is InChI=1S/C13H16N2O4/c14-10-6-8(13(17)18)3-4-11(10)15-12(16)9-2-1-5-19-7-9/h3-4,6,9H,1-2,5,7,14H2,(H,15,16)(H,17,18). The number of hydrogen-bond donors (Lipinski definition) is 3. The predicted octanol–water partition coefficient (Wildman–Crippen LogP) is 1.33. The molecule has 2 rings (SSSR count). The van der Waals surface area contributed by atoms with Gasteiger partial charge in [-0.05, 0) is 31.0 Å². The molecule has 1 heterocycles. The first-order valence-corrected chi connectivity index (χ1v) is 6.09.